The lowest BCUT2D eigenvalue weighted by molar-refractivity contribution is -0.137. The number of halogens is 2. The summed E-state index contributed by atoms with van der Waals surface area (Å²) >= 11 is 5.78. The molecule has 3 amide bonds. The van der Waals surface area contributed by atoms with Gasteiger partial charge in [0.2, 0.25) is 11.8 Å². The Balaban J connectivity index is 1.49. The Morgan fingerprint density at radius 2 is 2.08 bits per heavy atom. The van der Waals surface area contributed by atoms with Gasteiger partial charge in [-0.15, -0.1) is 0 Å². The number of nitrogens with one attached hydrogen (secondary N) is 1. The van der Waals surface area contributed by atoms with E-state index in [9.17, 15) is 18.8 Å². The van der Waals surface area contributed by atoms with Crippen molar-refractivity contribution in [2.45, 2.75) is 32.0 Å². The first-order chi connectivity index (χ1) is 17.3. The molecule has 0 saturated heterocycles. The molecule has 12 heteroatoms. The third-order valence-electron chi connectivity index (χ3n) is 5.67. The number of fused-ring (bicyclic) bond motifs is 1. The summed E-state index contributed by atoms with van der Waals surface area (Å²) in [6, 6.07) is 11.0. The maximum absolute atomic E-state index is 14.1. The first kappa shape index (κ1) is 24.9. The number of hydrogen-bond donors (Lipinski definition) is 2. The third kappa shape index (κ3) is 5.55. The summed E-state index contributed by atoms with van der Waals surface area (Å²) in [6.45, 7) is -0.720. The van der Waals surface area contributed by atoms with Gasteiger partial charge >= 0.3 is 0 Å². The Labute approximate surface area is 210 Å². The van der Waals surface area contributed by atoms with Crippen LogP contribution in [-0.2, 0) is 22.7 Å². The van der Waals surface area contributed by atoms with E-state index in [1.807, 2.05) is 6.07 Å². The van der Waals surface area contributed by atoms with Crippen LogP contribution in [-0.4, -0.2) is 51.6 Å². The molecule has 1 aromatic heterocycles. The Morgan fingerprint density at radius 3 is 2.78 bits per heavy atom. The number of rotatable bonds is 10. The normalized spacial score (nSPS) is 12.7. The van der Waals surface area contributed by atoms with Crippen molar-refractivity contribution in [2.75, 3.05) is 13.2 Å². The summed E-state index contributed by atoms with van der Waals surface area (Å²) < 4.78 is 20.7. The zero-order valence-electron chi connectivity index (χ0n) is 19.0. The fraction of sp³-hybridized carbons (Fsp3) is 0.292. The van der Waals surface area contributed by atoms with Crippen LogP contribution in [0.1, 0.15) is 28.9 Å². The molecule has 0 atom stereocenters. The topological polar surface area (TPSA) is 143 Å². The lowest BCUT2D eigenvalue weighted by atomic mass is 10.2. The molecule has 1 saturated carbocycles. The number of nitrogens with two attached hydrogens (primary N) is 1. The molecule has 3 aromatic rings. The average Bonchev–Trinajstić information content (AvgIpc) is 3.63. The van der Waals surface area contributed by atoms with Gasteiger partial charge in [-0.25, -0.2) is 4.39 Å². The van der Waals surface area contributed by atoms with Gasteiger partial charge in [-0.3, -0.25) is 19.1 Å². The lowest BCUT2D eigenvalue weighted by Gasteiger charge is -2.22. The van der Waals surface area contributed by atoms with Crippen molar-refractivity contribution in [3.05, 3.63) is 58.5 Å². The highest BCUT2D eigenvalue weighted by Crippen LogP contribution is 2.28. The van der Waals surface area contributed by atoms with E-state index in [-0.39, 0.29) is 54.5 Å². The van der Waals surface area contributed by atoms with Crippen LogP contribution < -0.4 is 15.8 Å². The minimum atomic E-state index is -0.761. The molecule has 3 N–H and O–H groups in total. The van der Waals surface area contributed by atoms with Crippen LogP contribution in [0.5, 0.6) is 5.75 Å². The van der Waals surface area contributed by atoms with Gasteiger partial charge in [0, 0.05) is 29.6 Å². The van der Waals surface area contributed by atoms with Crippen molar-refractivity contribution in [3.8, 4) is 11.8 Å². The number of carbonyl (C=O) groups is 3. The minimum absolute atomic E-state index is 0.0103. The van der Waals surface area contributed by atoms with Gasteiger partial charge in [-0.05, 0) is 31.0 Å². The van der Waals surface area contributed by atoms with Crippen LogP contribution in [0.2, 0.25) is 5.02 Å². The van der Waals surface area contributed by atoms with Gasteiger partial charge in [0.15, 0.2) is 12.3 Å². The van der Waals surface area contributed by atoms with Crippen molar-refractivity contribution < 1.29 is 23.5 Å². The summed E-state index contributed by atoms with van der Waals surface area (Å²) in [5.74, 6) is -1.84. The highest BCUT2D eigenvalue weighted by molar-refractivity contribution is 6.30. The summed E-state index contributed by atoms with van der Waals surface area (Å²) in [7, 11) is 0. The van der Waals surface area contributed by atoms with Crippen LogP contribution in [0.15, 0.2) is 36.4 Å². The highest BCUT2D eigenvalue weighted by Gasteiger charge is 2.34. The molecule has 0 radical (unpaired) electrons. The summed E-state index contributed by atoms with van der Waals surface area (Å²) in [5, 5.41) is 16.0. The minimum Gasteiger partial charge on any atom is -0.479 e. The molecule has 1 fully saturated rings. The molecule has 1 heterocycles. The highest BCUT2D eigenvalue weighted by atomic mass is 35.5. The summed E-state index contributed by atoms with van der Waals surface area (Å²) in [6.07, 6.45) is 1.50. The molecule has 36 heavy (non-hydrogen) atoms. The SMILES string of the molecule is N#CCOc1ccc2c(C(N)=O)nn(CC(=O)N(CC(=O)NCc3cccc(Cl)c3F)C3CC3)c2c1. The quantitative estimate of drug-likeness (QED) is 0.426. The van der Waals surface area contributed by atoms with E-state index in [1.165, 1.54) is 21.7 Å². The molecule has 0 aliphatic heterocycles. The van der Waals surface area contributed by atoms with E-state index in [4.69, 9.17) is 27.3 Å². The smallest absolute Gasteiger partial charge is 0.269 e. The van der Waals surface area contributed by atoms with Crippen LogP contribution in [0.25, 0.3) is 10.9 Å². The second-order valence-corrected chi connectivity index (χ2v) is 8.65. The monoisotopic (exact) mass is 512 g/mol. The molecule has 0 bridgehead atoms. The van der Waals surface area contributed by atoms with E-state index in [0.29, 0.717) is 16.7 Å². The maximum Gasteiger partial charge on any atom is 0.269 e. The Bertz CT molecular complexity index is 1380. The molecule has 0 unspecified atom stereocenters. The summed E-state index contributed by atoms with van der Waals surface area (Å²) in [5.41, 5.74) is 6.10. The van der Waals surface area contributed by atoms with E-state index < -0.39 is 17.6 Å². The van der Waals surface area contributed by atoms with E-state index >= 15 is 0 Å². The number of ether oxygens (including phenoxy) is 1. The molecule has 2 aromatic carbocycles. The molecule has 4 rings (SSSR count). The molecular weight excluding hydrogens is 491 g/mol. The van der Waals surface area contributed by atoms with Crippen molar-refractivity contribution in [2.24, 2.45) is 5.73 Å². The van der Waals surface area contributed by atoms with Crippen LogP contribution in [0.3, 0.4) is 0 Å². The van der Waals surface area contributed by atoms with Crippen molar-refractivity contribution in [3.63, 3.8) is 0 Å². The van der Waals surface area contributed by atoms with E-state index in [2.05, 4.69) is 10.4 Å². The number of benzene rings is 2. The fourth-order valence-corrected chi connectivity index (χ4v) is 3.97. The average molecular weight is 513 g/mol. The van der Waals surface area contributed by atoms with E-state index in [1.54, 1.807) is 24.3 Å². The number of amides is 3. The largest absolute Gasteiger partial charge is 0.479 e. The summed E-state index contributed by atoms with van der Waals surface area (Å²) in [4.78, 5) is 39.1. The van der Waals surface area contributed by atoms with Gasteiger partial charge in [0.05, 0.1) is 17.1 Å². The predicted molar refractivity (Wildman–Crippen MR) is 127 cm³/mol. The van der Waals surface area contributed by atoms with Crippen molar-refractivity contribution in [1.82, 2.24) is 20.0 Å². The Morgan fingerprint density at radius 1 is 1.31 bits per heavy atom. The zero-order chi connectivity index (χ0) is 25.8. The molecule has 0 spiro atoms. The number of primary amides is 1. The molecule has 186 valence electrons. The number of hydrogen-bond acceptors (Lipinski definition) is 6. The second kappa shape index (κ2) is 10.6. The zero-order valence-corrected chi connectivity index (χ0v) is 19.8. The second-order valence-electron chi connectivity index (χ2n) is 8.24. The molecular formula is C24H22ClFN6O4. The number of aromatic nitrogens is 2. The van der Waals surface area contributed by atoms with Gasteiger partial charge in [0.1, 0.15) is 24.2 Å². The van der Waals surface area contributed by atoms with Gasteiger partial charge in [0.25, 0.3) is 5.91 Å². The first-order valence-electron chi connectivity index (χ1n) is 11.1. The first-order valence-corrected chi connectivity index (χ1v) is 11.5. The van der Waals surface area contributed by atoms with Crippen molar-refractivity contribution >= 4 is 40.2 Å². The van der Waals surface area contributed by atoms with Crippen molar-refractivity contribution in [1.29, 1.82) is 5.26 Å². The number of nitriles is 1. The Hall–Kier alpha value is -4.17. The van der Waals surface area contributed by atoms with Crippen LogP contribution in [0.4, 0.5) is 4.39 Å². The molecule has 1 aliphatic carbocycles. The molecule has 10 nitrogen and oxygen atoms in total. The third-order valence-corrected chi connectivity index (χ3v) is 5.97. The lowest BCUT2D eigenvalue weighted by Crippen LogP contribution is -2.43. The van der Waals surface area contributed by atoms with E-state index in [0.717, 1.165) is 12.8 Å². The fourth-order valence-electron chi connectivity index (χ4n) is 3.78. The molecule has 1 aliphatic rings. The van der Waals surface area contributed by atoms with Crippen LogP contribution in [0, 0.1) is 17.1 Å². The van der Waals surface area contributed by atoms with Gasteiger partial charge in [-0.2, -0.15) is 10.4 Å². The van der Waals surface area contributed by atoms with Gasteiger partial charge in [-0.1, -0.05) is 23.7 Å². The van der Waals surface area contributed by atoms with Gasteiger partial charge < -0.3 is 20.7 Å². The maximum atomic E-state index is 14.1. The van der Waals surface area contributed by atoms with Crippen LogP contribution >= 0.6 is 11.6 Å². The standard InChI is InChI=1S/C24H22ClFN6O4/c25-18-3-1-2-14(22(18)26)11-29-20(33)12-31(15-4-5-15)21(34)13-32-19-10-16(36-9-8-27)6-7-17(19)23(30-32)24(28)35/h1-3,6-7,10,15H,4-5,9,11-13H2,(H2,28,35)(H,29,33). The number of nitrogens with zero attached hydrogens (tertiary/aromatic N) is 4. The predicted octanol–water partition coefficient (Wildman–Crippen LogP) is 2.14. The Kier molecular flexibility index (Phi) is 7.36. The number of carbonyl (C=O) groups excluding carboxylic acids is 3.